The fraction of sp³-hybridized carbons (Fsp3) is 0.364. The first-order valence-electron chi connectivity index (χ1n) is 4.63. The standard InChI is InChI=1S/C11H12O3/c1-13-8-2-4-9(5-3-8)14-11-7-6-10(11)12/h2-5,11H,6-7H2,1H3. The van der Waals surface area contributed by atoms with Crippen LogP contribution in [0.25, 0.3) is 0 Å². The third-order valence-electron chi connectivity index (χ3n) is 2.35. The zero-order chi connectivity index (χ0) is 9.97. The molecule has 74 valence electrons. The van der Waals surface area contributed by atoms with E-state index in [1.54, 1.807) is 7.11 Å². The molecule has 3 heteroatoms. The van der Waals surface area contributed by atoms with E-state index in [0.29, 0.717) is 6.42 Å². The second-order valence-electron chi connectivity index (χ2n) is 3.29. The van der Waals surface area contributed by atoms with Gasteiger partial charge in [-0.1, -0.05) is 0 Å². The lowest BCUT2D eigenvalue weighted by Gasteiger charge is -2.24. The molecule has 1 fully saturated rings. The molecule has 1 aliphatic carbocycles. The van der Waals surface area contributed by atoms with Gasteiger partial charge in [-0.05, 0) is 30.7 Å². The molecule has 0 bridgehead atoms. The van der Waals surface area contributed by atoms with Crippen LogP contribution in [0.1, 0.15) is 12.8 Å². The molecule has 0 spiro atoms. The first-order chi connectivity index (χ1) is 6.79. The molecule has 1 saturated carbocycles. The summed E-state index contributed by atoms with van der Waals surface area (Å²) in [5.41, 5.74) is 0. The Morgan fingerprint density at radius 3 is 2.29 bits per heavy atom. The Labute approximate surface area is 82.6 Å². The minimum Gasteiger partial charge on any atom is -0.497 e. The molecule has 0 N–H and O–H groups in total. The van der Waals surface area contributed by atoms with Crippen molar-refractivity contribution in [2.45, 2.75) is 18.9 Å². The molecular formula is C11H12O3. The van der Waals surface area contributed by atoms with Gasteiger partial charge in [0.2, 0.25) is 0 Å². The summed E-state index contributed by atoms with van der Waals surface area (Å²) in [6.07, 6.45) is 1.27. The molecule has 0 aliphatic heterocycles. The Morgan fingerprint density at radius 1 is 1.21 bits per heavy atom. The summed E-state index contributed by atoms with van der Waals surface area (Å²) >= 11 is 0. The predicted octanol–water partition coefficient (Wildman–Crippen LogP) is 1.81. The number of Topliss-reactive ketones (excluding diaryl/α,β-unsaturated/α-hetero) is 1. The van der Waals surface area contributed by atoms with E-state index >= 15 is 0 Å². The number of rotatable bonds is 3. The molecule has 0 radical (unpaired) electrons. The summed E-state index contributed by atoms with van der Waals surface area (Å²) in [6, 6.07) is 7.26. The van der Waals surface area contributed by atoms with E-state index in [0.717, 1.165) is 17.9 Å². The number of hydrogen-bond donors (Lipinski definition) is 0. The Balaban J connectivity index is 1.99. The molecule has 2 rings (SSSR count). The van der Waals surface area contributed by atoms with Crippen molar-refractivity contribution in [3.8, 4) is 11.5 Å². The van der Waals surface area contributed by atoms with Crippen LogP contribution in [-0.2, 0) is 4.79 Å². The van der Waals surface area contributed by atoms with Crippen LogP contribution < -0.4 is 9.47 Å². The summed E-state index contributed by atoms with van der Waals surface area (Å²) in [6.45, 7) is 0. The summed E-state index contributed by atoms with van der Waals surface area (Å²) in [5.74, 6) is 1.71. The van der Waals surface area contributed by atoms with E-state index in [1.165, 1.54) is 0 Å². The average Bonchev–Trinajstić information content (AvgIpc) is 2.24. The van der Waals surface area contributed by atoms with Crippen LogP contribution >= 0.6 is 0 Å². The predicted molar refractivity (Wildman–Crippen MR) is 51.7 cm³/mol. The number of methoxy groups -OCH3 is 1. The lowest BCUT2D eigenvalue weighted by Crippen LogP contribution is -2.36. The normalized spacial score (nSPS) is 20.1. The minimum atomic E-state index is -0.219. The van der Waals surface area contributed by atoms with Crippen molar-refractivity contribution in [1.82, 2.24) is 0 Å². The maximum Gasteiger partial charge on any atom is 0.173 e. The molecule has 1 atom stereocenters. The van der Waals surface area contributed by atoms with E-state index < -0.39 is 0 Å². The molecule has 14 heavy (non-hydrogen) atoms. The van der Waals surface area contributed by atoms with Gasteiger partial charge in [0, 0.05) is 6.42 Å². The Hall–Kier alpha value is -1.51. The van der Waals surface area contributed by atoms with E-state index in [4.69, 9.17) is 9.47 Å². The van der Waals surface area contributed by atoms with Crippen LogP contribution in [0.5, 0.6) is 11.5 Å². The summed E-state index contributed by atoms with van der Waals surface area (Å²) in [7, 11) is 1.62. The lowest BCUT2D eigenvalue weighted by molar-refractivity contribution is -0.133. The number of hydrogen-bond acceptors (Lipinski definition) is 3. The van der Waals surface area contributed by atoms with Gasteiger partial charge in [-0.2, -0.15) is 0 Å². The average molecular weight is 192 g/mol. The van der Waals surface area contributed by atoms with E-state index in [2.05, 4.69) is 0 Å². The second kappa shape index (κ2) is 3.70. The van der Waals surface area contributed by atoms with Gasteiger partial charge in [-0.15, -0.1) is 0 Å². The third kappa shape index (κ3) is 1.71. The van der Waals surface area contributed by atoms with Gasteiger partial charge in [0.1, 0.15) is 11.5 Å². The summed E-state index contributed by atoms with van der Waals surface area (Å²) in [4.78, 5) is 11.0. The van der Waals surface area contributed by atoms with E-state index in [-0.39, 0.29) is 11.9 Å². The number of benzene rings is 1. The fourth-order valence-electron chi connectivity index (χ4n) is 1.32. The smallest absolute Gasteiger partial charge is 0.173 e. The first-order valence-corrected chi connectivity index (χ1v) is 4.63. The zero-order valence-corrected chi connectivity index (χ0v) is 8.03. The van der Waals surface area contributed by atoms with E-state index in [1.807, 2.05) is 24.3 Å². The molecule has 0 amide bonds. The highest BCUT2D eigenvalue weighted by Crippen LogP contribution is 2.23. The Bertz CT molecular complexity index is 329. The van der Waals surface area contributed by atoms with E-state index in [9.17, 15) is 4.79 Å². The van der Waals surface area contributed by atoms with Gasteiger partial charge in [0.05, 0.1) is 7.11 Å². The molecular weight excluding hydrogens is 180 g/mol. The quantitative estimate of drug-likeness (QED) is 0.732. The molecule has 3 nitrogen and oxygen atoms in total. The van der Waals surface area contributed by atoms with Crippen molar-refractivity contribution >= 4 is 5.78 Å². The number of ketones is 1. The molecule has 1 aromatic rings. The molecule has 1 unspecified atom stereocenters. The maximum atomic E-state index is 11.0. The lowest BCUT2D eigenvalue weighted by atomic mass is 9.94. The van der Waals surface area contributed by atoms with Crippen LogP contribution in [0.3, 0.4) is 0 Å². The highest BCUT2D eigenvalue weighted by molar-refractivity contribution is 5.88. The highest BCUT2D eigenvalue weighted by atomic mass is 16.5. The number of carbonyl (C=O) groups excluding carboxylic acids is 1. The van der Waals surface area contributed by atoms with Crippen LogP contribution in [0.15, 0.2) is 24.3 Å². The van der Waals surface area contributed by atoms with Crippen LogP contribution in [0.2, 0.25) is 0 Å². The maximum absolute atomic E-state index is 11.0. The Kier molecular flexibility index (Phi) is 2.39. The van der Waals surface area contributed by atoms with Crippen molar-refractivity contribution in [2.24, 2.45) is 0 Å². The zero-order valence-electron chi connectivity index (χ0n) is 8.03. The van der Waals surface area contributed by atoms with Gasteiger partial charge in [-0.3, -0.25) is 4.79 Å². The topological polar surface area (TPSA) is 35.5 Å². The van der Waals surface area contributed by atoms with Crippen molar-refractivity contribution in [1.29, 1.82) is 0 Å². The minimum absolute atomic E-state index is 0.195. The SMILES string of the molecule is COc1ccc(OC2CCC2=O)cc1. The third-order valence-corrected chi connectivity index (χ3v) is 2.35. The monoisotopic (exact) mass is 192 g/mol. The largest absolute Gasteiger partial charge is 0.497 e. The molecule has 1 aromatic carbocycles. The van der Waals surface area contributed by atoms with Gasteiger partial charge in [0.25, 0.3) is 0 Å². The highest BCUT2D eigenvalue weighted by Gasteiger charge is 2.29. The van der Waals surface area contributed by atoms with Crippen molar-refractivity contribution < 1.29 is 14.3 Å². The van der Waals surface area contributed by atoms with Crippen LogP contribution in [0.4, 0.5) is 0 Å². The van der Waals surface area contributed by atoms with Gasteiger partial charge >= 0.3 is 0 Å². The van der Waals surface area contributed by atoms with Gasteiger partial charge in [-0.25, -0.2) is 0 Å². The summed E-state index contributed by atoms with van der Waals surface area (Å²) < 4.78 is 10.5. The molecule has 0 aromatic heterocycles. The first kappa shape index (κ1) is 9.06. The van der Waals surface area contributed by atoms with Gasteiger partial charge < -0.3 is 9.47 Å². The van der Waals surface area contributed by atoms with Crippen molar-refractivity contribution in [2.75, 3.05) is 7.11 Å². The Morgan fingerprint density at radius 2 is 1.86 bits per heavy atom. The number of carbonyl (C=O) groups is 1. The number of ether oxygens (including phenoxy) is 2. The molecule has 0 saturated heterocycles. The van der Waals surface area contributed by atoms with Crippen molar-refractivity contribution in [3.63, 3.8) is 0 Å². The second-order valence-corrected chi connectivity index (χ2v) is 3.29. The molecule has 0 heterocycles. The van der Waals surface area contributed by atoms with Crippen molar-refractivity contribution in [3.05, 3.63) is 24.3 Å². The summed E-state index contributed by atoms with van der Waals surface area (Å²) in [5, 5.41) is 0. The van der Waals surface area contributed by atoms with Gasteiger partial charge in [0.15, 0.2) is 11.9 Å². The molecule has 1 aliphatic rings. The van der Waals surface area contributed by atoms with Crippen LogP contribution in [0, 0.1) is 0 Å². The van der Waals surface area contributed by atoms with Crippen LogP contribution in [-0.4, -0.2) is 19.0 Å². The fourth-order valence-corrected chi connectivity index (χ4v) is 1.32.